The van der Waals surface area contributed by atoms with E-state index in [1.165, 1.54) is 0 Å². The van der Waals surface area contributed by atoms with E-state index in [2.05, 4.69) is 21.2 Å². The standard InChI is InChI=1S/C13H18BrNO2S/c1-9-12(10-5-4-6-11(14)7-10)15-13(2,3)8-18(9,16)17/h4-7,9,12,15H,8H2,1-3H3. The smallest absolute Gasteiger partial charge is 0.156 e. The molecule has 3 nitrogen and oxygen atoms in total. The third-order valence-electron chi connectivity index (χ3n) is 3.35. The van der Waals surface area contributed by atoms with E-state index in [1.54, 1.807) is 6.92 Å². The number of benzene rings is 1. The van der Waals surface area contributed by atoms with E-state index in [9.17, 15) is 8.42 Å². The van der Waals surface area contributed by atoms with Crippen molar-refractivity contribution in [3.05, 3.63) is 34.3 Å². The van der Waals surface area contributed by atoms with Crippen LogP contribution in [0, 0.1) is 0 Å². The lowest BCUT2D eigenvalue weighted by atomic mass is 9.99. The minimum Gasteiger partial charge on any atom is -0.303 e. The van der Waals surface area contributed by atoms with Gasteiger partial charge in [-0.15, -0.1) is 0 Å². The Morgan fingerprint density at radius 1 is 1.39 bits per heavy atom. The van der Waals surface area contributed by atoms with Gasteiger partial charge in [-0.1, -0.05) is 28.1 Å². The zero-order chi connectivity index (χ0) is 13.6. The molecule has 1 fully saturated rings. The van der Waals surface area contributed by atoms with Crippen LogP contribution in [0.1, 0.15) is 32.4 Å². The minimum atomic E-state index is -3.06. The van der Waals surface area contributed by atoms with Crippen molar-refractivity contribution in [1.82, 2.24) is 5.32 Å². The van der Waals surface area contributed by atoms with Gasteiger partial charge in [0.15, 0.2) is 9.84 Å². The van der Waals surface area contributed by atoms with Gasteiger partial charge in [0.1, 0.15) is 0 Å². The highest BCUT2D eigenvalue weighted by Crippen LogP contribution is 2.32. The van der Waals surface area contributed by atoms with Crippen molar-refractivity contribution in [1.29, 1.82) is 0 Å². The fourth-order valence-electron chi connectivity index (χ4n) is 2.48. The van der Waals surface area contributed by atoms with Crippen LogP contribution in [0.4, 0.5) is 0 Å². The lowest BCUT2D eigenvalue weighted by Gasteiger charge is -2.40. The van der Waals surface area contributed by atoms with Crippen molar-refractivity contribution in [3.63, 3.8) is 0 Å². The molecular formula is C13H18BrNO2S. The van der Waals surface area contributed by atoms with Crippen molar-refractivity contribution in [2.45, 2.75) is 37.6 Å². The van der Waals surface area contributed by atoms with Gasteiger partial charge in [0.25, 0.3) is 0 Å². The Morgan fingerprint density at radius 3 is 2.67 bits per heavy atom. The molecule has 1 aliphatic rings. The van der Waals surface area contributed by atoms with Crippen molar-refractivity contribution in [2.75, 3.05) is 5.75 Å². The molecule has 2 unspecified atom stereocenters. The molecule has 2 rings (SSSR count). The van der Waals surface area contributed by atoms with Crippen LogP contribution < -0.4 is 5.32 Å². The van der Waals surface area contributed by atoms with E-state index in [0.29, 0.717) is 0 Å². The molecule has 100 valence electrons. The molecule has 1 N–H and O–H groups in total. The number of sulfone groups is 1. The fourth-order valence-corrected chi connectivity index (χ4v) is 4.89. The Balaban J connectivity index is 2.43. The maximum Gasteiger partial charge on any atom is 0.156 e. The summed E-state index contributed by atoms with van der Waals surface area (Å²) in [5, 5.41) is 3.04. The maximum absolute atomic E-state index is 12.2. The summed E-state index contributed by atoms with van der Waals surface area (Å²) in [6, 6.07) is 7.66. The fraction of sp³-hybridized carbons (Fsp3) is 0.538. The molecule has 1 aliphatic heterocycles. The van der Waals surface area contributed by atoms with E-state index in [-0.39, 0.29) is 11.8 Å². The van der Waals surface area contributed by atoms with Crippen molar-refractivity contribution >= 4 is 25.8 Å². The Morgan fingerprint density at radius 2 is 2.06 bits per heavy atom. The molecule has 18 heavy (non-hydrogen) atoms. The molecule has 1 saturated heterocycles. The third-order valence-corrected chi connectivity index (χ3v) is 6.37. The van der Waals surface area contributed by atoms with E-state index >= 15 is 0 Å². The molecule has 0 spiro atoms. The third kappa shape index (κ3) is 2.78. The summed E-state index contributed by atoms with van der Waals surface area (Å²) < 4.78 is 25.4. The minimum absolute atomic E-state index is 0.156. The van der Waals surface area contributed by atoms with Crippen molar-refractivity contribution in [3.8, 4) is 0 Å². The first-order valence-electron chi connectivity index (χ1n) is 5.96. The van der Waals surface area contributed by atoms with Crippen molar-refractivity contribution < 1.29 is 8.42 Å². The van der Waals surface area contributed by atoms with Crippen LogP contribution in [-0.4, -0.2) is 25.0 Å². The van der Waals surface area contributed by atoms with E-state index < -0.39 is 20.6 Å². The molecule has 0 aromatic heterocycles. The van der Waals surface area contributed by atoms with E-state index in [0.717, 1.165) is 10.0 Å². The molecule has 2 atom stereocenters. The highest BCUT2D eigenvalue weighted by Gasteiger charge is 2.42. The topological polar surface area (TPSA) is 46.2 Å². The van der Waals surface area contributed by atoms with Crippen molar-refractivity contribution in [2.24, 2.45) is 0 Å². The van der Waals surface area contributed by atoms with Gasteiger partial charge in [-0.3, -0.25) is 0 Å². The monoisotopic (exact) mass is 331 g/mol. The summed E-state index contributed by atoms with van der Waals surface area (Å²) in [4.78, 5) is 0. The van der Waals surface area contributed by atoms with Gasteiger partial charge >= 0.3 is 0 Å². The Labute approximate surface area is 117 Å². The first-order chi connectivity index (χ1) is 8.21. The molecular weight excluding hydrogens is 314 g/mol. The zero-order valence-electron chi connectivity index (χ0n) is 10.8. The average Bonchev–Trinajstić information content (AvgIpc) is 2.22. The van der Waals surface area contributed by atoms with Gasteiger partial charge in [-0.2, -0.15) is 0 Å². The molecule has 0 bridgehead atoms. The molecule has 0 saturated carbocycles. The predicted molar refractivity (Wildman–Crippen MR) is 77.3 cm³/mol. The maximum atomic E-state index is 12.2. The Bertz CT molecular complexity index is 554. The lowest BCUT2D eigenvalue weighted by Crippen LogP contribution is -2.57. The highest BCUT2D eigenvalue weighted by atomic mass is 79.9. The van der Waals surface area contributed by atoms with Crippen LogP contribution in [-0.2, 0) is 9.84 Å². The summed E-state index contributed by atoms with van der Waals surface area (Å²) >= 11 is 3.43. The Kier molecular flexibility index (Phi) is 3.60. The highest BCUT2D eigenvalue weighted by molar-refractivity contribution is 9.10. The first kappa shape index (κ1) is 14.0. The number of hydrogen-bond donors (Lipinski definition) is 1. The van der Waals surface area contributed by atoms with Gasteiger partial charge in [-0.05, 0) is 38.5 Å². The Hall–Kier alpha value is -0.390. The molecule has 0 amide bonds. The SMILES string of the molecule is CC1C(c2cccc(Br)c2)NC(C)(C)CS1(=O)=O. The molecule has 5 heteroatoms. The average molecular weight is 332 g/mol. The van der Waals surface area contributed by atoms with Crippen LogP contribution in [0.15, 0.2) is 28.7 Å². The van der Waals surface area contributed by atoms with E-state index in [4.69, 9.17) is 0 Å². The second-order valence-electron chi connectivity index (χ2n) is 5.57. The van der Waals surface area contributed by atoms with Crippen LogP contribution in [0.25, 0.3) is 0 Å². The largest absolute Gasteiger partial charge is 0.303 e. The number of rotatable bonds is 1. The summed E-state index contributed by atoms with van der Waals surface area (Å²) in [7, 11) is -3.06. The summed E-state index contributed by atoms with van der Waals surface area (Å²) in [5.41, 5.74) is 0.617. The quantitative estimate of drug-likeness (QED) is 0.860. The van der Waals surface area contributed by atoms with Gasteiger partial charge in [-0.25, -0.2) is 8.42 Å². The van der Waals surface area contributed by atoms with Gasteiger partial charge in [0, 0.05) is 16.1 Å². The van der Waals surface area contributed by atoms with Crippen LogP contribution in [0.2, 0.25) is 0 Å². The first-order valence-corrected chi connectivity index (χ1v) is 8.47. The zero-order valence-corrected chi connectivity index (χ0v) is 13.2. The normalized spacial score (nSPS) is 30.0. The predicted octanol–water partition coefficient (Wildman–Crippen LogP) is 2.68. The molecule has 0 radical (unpaired) electrons. The second kappa shape index (κ2) is 4.62. The van der Waals surface area contributed by atoms with Gasteiger partial charge in [0.05, 0.1) is 11.0 Å². The second-order valence-corrected chi connectivity index (χ2v) is 8.85. The van der Waals surface area contributed by atoms with Gasteiger partial charge in [0.2, 0.25) is 0 Å². The van der Waals surface area contributed by atoms with Crippen LogP contribution >= 0.6 is 15.9 Å². The van der Waals surface area contributed by atoms with Gasteiger partial charge < -0.3 is 5.32 Å². The van der Waals surface area contributed by atoms with E-state index in [1.807, 2.05) is 38.1 Å². The molecule has 1 aromatic rings. The molecule has 1 aromatic carbocycles. The molecule has 1 heterocycles. The summed E-state index contributed by atoms with van der Waals surface area (Å²) in [5.74, 6) is 0.186. The van der Waals surface area contributed by atoms with Crippen LogP contribution in [0.3, 0.4) is 0 Å². The number of halogens is 1. The summed E-state index contributed by atoms with van der Waals surface area (Å²) in [6.45, 7) is 5.64. The number of nitrogens with one attached hydrogen (secondary N) is 1. The van der Waals surface area contributed by atoms with Crippen LogP contribution in [0.5, 0.6) is 0 Å². The summed E-state index contributed by atoms with van der Waals surface area (Å²) in [6.07, 6.45) is 0. The number of hydrogen-bond acceptors (Lipinski definition) is 3. The molecule has 0 aliphatic carbocycles. The lowest BCUT2D eigenvalue weighted by molar-refractivity contribution is 0.334.